The number of amides is 1. The van der Waals surface area contributed by atoms with Crippen molar-refractivity contribution in [2.45, 2.75) is 13.0 Å². The molecule has 4 nitrogen and oxygen atoms in total. The highest BCUT2D eigenvalue weighted by molar-refractivity contribution is 5.92. The lowest BCUT2D eigenvalue weighted by atomic mass is 9.88. The highest BCUT2D eigenvalue weighted by Crippen LogP contribution is 2.27. The average Bonchev–Trinajstić information content (AvgIpc) is 2.87. The second-order valence-corrected chi connectivity index (χ2v) is 5.76. The van der Waals surface area contributed by atoms with E-state index < -0.39 is 0 Å². The first-order valence-corrected chi connectivity index (χ1v) is 7.04. The van der Waals surface area contributed by atoms with E-state index in [1.807, 2.05) is 24.3 Å². The molecule has 2 fully saturated rings. The molecule has 102 valence electrons. The second-order valence-electron chi connectivity index (χ2n) is 5.76. The summed E-state index contributed by atoms with van der Waals surface area (Å²) in [6, 6.07) is 7.67. The molecule has 0 radical (unpaired) electrons. The minimum absolute atomic E-state index is 0.357. The Morgan fingerprint density at radius 3 is 2.74 bits per heavy atom. The van der Waals surface area contributed by atoms with E-state index in [1.54, 1.807) is 0 Å². The number of hydrogen-bond donors (Lipinski definition) is 2. The molecular weight excluding hydrogens is 238 g/mol. The van der Waals surface area contributed by atoms with Crippen LogP contribution in [-0.4, -0.2) is 37.0 Å². The summed E-state index contributed by atoms with van der Waals surface area (Å²) >= 11 is 0. The van der Waals surface area contributed by atoms with E-state index in [9.17, 15) is 4.79 Å². The highest BCUT2D eigenvalue weighted by atomic mass is 16.1. The molecule has 3 N–H and O–H groups in total. The maximum atomic E-state index is 11.0. The molecule has 0 aromatic heterocycles. The number of nitrogens with one attached hydrogen (secondary N) is 1. The number of fused-ring (bicyclic) bond motifs is 1. The number of carbonyl (C=O) groups is 1. The molecule has 2 saturated heterocycles. The molecule has 1 aromatic carbocycles. The molecule has 2 heterocycles. The number of nitrogens with two attached hydrogens (primary N) is 1. The third-order valence-corrected chi connectivity index (χ3v) is 4.43. The fraction of sp³-hybridized carbons (Fsp3) is 0.533. The number of benzene rings is 1. The van der Waals surface area contributed by atoms with Crippen LogP contribution >= 0.6 is 0 Å². The standard InChI is InChI=1S/C15H21N3O/c16-15(19)12-3-1-11(2-4-12)9-18-6-5-13-7-17-8-14(13)10-18/h1-4,13-14,17H,5-10H2,(H2,16,19). The van der Waals surface area contributed by atoms with Gasteiger partial charge in [-0.05, 0) is 55.6 Å². The van der Waals surface area contributed by atoms with Crippen LogP contribution in [0.4, 0.5) is 0 Å². The summed E-state index contributed by atoms with van der Waals surface area (Å²) < 4.78 is 0. The number of primary amides is 1. The van der Waals surface area contributed by atoms with E-state index in [2.05, 4.69) is 10.2 Å². The first kappa shape index (κ1) is 12.6. The molecule has 19 heavy (non-hydrogen) atoms. The zero-order valence-electron chi connectivity index (χ0n) is 11.1. The first-order chi connectivity index (χ1) is 9.22. The monoisotopic (exact) mass is 259 g/mol. The van der Waals surface area contributed by atoms with Gasteiger partial charge in [0.15, 0.2) is 0 Å². The van der Waals surface area contributed by atoms with Gasteiger partial charge in [-0.1, -0.05) is 12.1 Å². The van der Waals surface area contributed by atoms with E-state index in [-0.39, 0.29) is 5.91 Å². The van der Waals surface area contributed by atoms with Gasteiger partial charge in [-0.2, -0.15) is 0 Å². The van der Waals surface area contributed by atoms with Crippen molar-refractivity contribution in [3.8, 4) is 0 Å². The van der Waals surface area contributed by atoms with Crippen LogP contribution < -0.4 is 11.1 Å². The Bertz CT molecular complexity index is 457. The lowest BCUT2D eigenvalue weighted by Gasteiger charge is -2.34. The average molecular weight is 259 g/mol. The van der Waals surface area contributed by atoms with E-state index in [4.69, 9.17) is 5.73 Å². The lowest BCUT2D eigenvalue weighted by molar-refractivity contribution is 0.1000. The SMILES string of the molecule is NC(=O)c1ccc(CN2CCC3CNCC3C2)cc1. The highest BCUT2D eigenvalue weighted by Gasteiger charge is 2.32. The molecule has 0 aliphatic carbocycles. The van der Waals surface area contributed by atoms with Gasteiger partial charge in [0.1, 0.15) is 0 Å². The van der Waals surface area contributed by atoms with Crippen molar-refractivity contribution in [1.82, 2.24) is 10.2 Å². The summed E-state index contributed by atoms with van der Waals surface area (Å²) in [5.41, 5.74) is 7.09. The summed E-state index contributed by atoms with van der Waals surface area (Å²) in [7, 11) is 0. The first-order valence-electron chi connectivity index (χ1n) is 7.04. The minimum Gasteiger partial charge on any atom is -0.366 e. The van der Waals surface area contributed by atoms with Gasteiger partial charge in [-0.3, -0.25) is 9.69 Å². The van der Waals surface area contributed by atoms with Crippen LogP contribution in [0.5, 0.6) is 0 Å². The van der Waals surface area contributed by atoms with Crippen LogP contribution in [0.3, 0.4) is 0 Å². The zero-order valence-corrected chi connectivity index (χ0v) is 11.1. The fourth-order valence-electron chi connectivity index (χ4n) is 3.29. The van der Waals surface area contributed by atoms with Crippen molar-refractivity contribution in [2.75, 3.05) is 26.2 Å². The number of likely N-dealkylation sites (tertiary alicyclic amines) is 1. The van der Waals surface area contributed by atoms with Gasteiger partial charge in [0.25, 0.3) is 0 Å². The normalized spacial score (nSPS) is 27.2. The molecule has 1 amide bonds. The molecule has 0 spiro atoms. The molecular formula is C15H21N3O. The lowest BCUT2D eigenvalue weighted by Crippen LogP contribution is -2.39. The van der Waals surface area contributed by atoms with Crippen molar-refractivity contribution in [1.29, 1.82) is 0 Å². The minimum atomic E-state index is -0.357. The van der Waals surface area contributed by atoms with Crippen molar-refractivity contribution in [3.05, 3.63) is 35.4 Å². The molecule has 0 saturated carbocycles. The second kappa shape index (κ2) is 5.31. The van der Waals surface area contributed by atoms with E-state index in [1.165, 1.54) is 38.2 Å². The van der Waals surface area contributed by atoms with Gasteiger partial charge in [0, 0.05) is 18.7 Å². The Morgan fingerprint density at radius 1 is 1.26 bits per heavy atom. The molecule has 2 aliphatic heterocycles. The van der Waals surface area contributed by atoms with Crippen molar-refractivity contribution in [3.63, 3.8) is 0 Å². The summed E-state index contributed by atoms with van der Waals surface area (Å²) in [5.74, 6) is 1.34. The Labute approximate surface area is 114 Å². The molecule has 2 atom stereocenters. The van der Waals surface area contributed by atoms with Crippen LogP contribution in [0.1, 0.15) is 22.3 Å². The third kappa shape index (κ3) is 2.80. The third-order valence-electron chi connectivity index (χ3n) is 4.43. The van der Waals surface area contributed by atoms with Crippen LogP contribution in [0, 0.1) is 11.8 Å². The molecule has 0 bridgehead atoms. The number of piperidine rings is 1. The zero-order chi connectivity index (χ0) is 13.2. The Kier molecular flexibility index (Phi) is 3.53. The van der Waals surface area contributed by atoms with Crippen LogP contribution in [0.25, 0.3) is 0 Å². The maximum absolute atomic E-state index is 11.0. The predicted molar refractivity (Wildman–Crippen MR) is 74.7 cm³/mol. The van der Waals surface area contributed by atoms with E-state index in [0.29, 0.717) is 5.56 Å². The van der Waals surface area contributed by atoms with Crippen LogP contribution in [0.2, 0.25) is 0 Å². The molecule has 2 aliphatic rings. The maximum Gasteiger partial charge on any atom is 0.248 e. The Balaban J connectivity index is 1.60. The summed E-state index contributed by atoms with van der Waals surface area (Å²) in [6.45, 7) is 5.71. The molecule has 4 heteroatoms. The predicted octanol–water partition coefficient (Wildman–Crippen LogP) is 0.827. The van der Waals surface area contributed by atoms with Gasteiger partial charge in [-0.15, -0.1) is 0 Å². The Hall–Kier alpha value is -1.39. The quantitative estimate of drug-likeness (QED) is 0.845. The van der Waals surface area contributed by atoms with Crippen molar-refractivity contribution in [2.24, 2.45) is 17.6 Å². The van der Waals surface area contributed by atoms with E-state index in [0.717, 1.165) is 18.4 Å². The fourth-order valence-corrected chi connectivity index (χ4v) is 3.29. The number of carbonyl (C=O) groups excluding carboxylic acids is 1. The summed E-state index contributed by atoms with van der Waals surface area (Å²) in [6.07, 6.45) is 1.30. The number of rotatable bonds is 3. The van der Waals surface area contributed by atoms with Gasteiger partial charge in [-0.25, -0.2) is 0 Å². The van der Waals surface area contributed by atoms with Crippen LogP contribution in [0.15, 0.2) is 24.3 Å². The summed E-state index contributed by atoms with van der Waals surface area (Å²) in [5, 5.41) is 3.49. The topological polar surface area (TPSA) is 58.4 Å². The smallest absolute Gasteiger partial charge is 0.248 e. The van der Waals surface area contributed by atoms with Crippen molar-refractivity contribution >= 4 is 5.91 Å². The Morgan fingerprint density at radius 2 is 2.00 bits per heavy atom. The summed E-state index contributed by atoms with van der Waals surface area (Å²) in [4.78, 5) is 13.6. The van der Waals surface area contributed by atoms with Gasteiger partial charge in [0.2, 0.25) is 5.91 Å². The van der Waals surface area contributed by atoms with Gasteiger partial charge in [0.05, 0.1) is 0 Å². The van der Waals surface area contributed by atoms with Gasteiger partial charge < -0.3 is 11.1 Å². The molecule has 3 rings (SSSR count). The number of nitrogens with zero attached hydrogens (tertiary/aromatic N) is 1. The number of hydrogen-bond acceptors (Lipinski definition) is 3. The largest absolute Gasteiger partial charge is 0.366 e. The van der Waals surface area contributed by atoms with Crippen LogP contribution in [-0.2, 0) is 6.54 Å². The molecule has 1 aromatic rings. The van der Waals surface area contributed by atoms with Crippen molar-refractivity contribution < 1.29 is 4.79 Å². The van der Waals surface area contributed by atoms with Gasteiger partial charge >= 0.3 is 0 Å². The van der Waals surface area contributed by atoms with E-state index >= 15 is 0 Å². The molecule has 2 unspecified atom stereocenters.